The number of carbonyl (C=O) groups excluding carboxylic acids is 1. The first kappa shape index (κ1) is 22.7. The van der Waals surface area contributed by atoms with E-state index in [0.717, 1.165) is 6.07 Å². The van der Waals surface area contributed by atoms with Crippen LogP contribution in [0.4, 0.5) is 5.69 Å². The summed E-state index contributed by atoms with van der Waals surface area (Å²) in [4.78, 5) is 30.0. The van der Waals surface area contributed by atoms with Crippen molar-refractivity contribution in [1.29, 1.82) is 0 Å². The van der Waals surface area contributed by atoms with E-state index < -0.39 is 14.9 Å². The first-order chi connectivity index (χ1) is 16.8. The van der Waals surface area contributed by atoms with Crippen LogP contribution in [0.1, 0.15) is 10.4 Å². The van der Waals surface area contributed by atoms with Crippen molar-refractivity contribution in [2.45, 2.75) is 4.90 Å². The average molecular weight is 493 g/mol. The molecule has 178 valence electrons. The smallest absolute Gasteiger partial charge is 0.270 e. The van der Waals surface area contributed by atoms with Gasteiger partial charge >= 0.3 is 0 Å². The largest absolute Gasteiger partial charge is 0.463 e. The third kappa shape index (κ3) is 4.27. The Morgan fingerprint density at radius 3 is 2.46 bits per heavy atom. The highest BCUT2D eigenvalue weighted by Gasteiger charge is 2.32. The molecule has 0 unspecified atom stereocenters. The van der Waals surface area contributed by atoms with Gasteiger partial charge in [-0.15, -0.1) is 0 Å². The molecule has 5 rings (SSSR count). The second-order valence-corrected chi connectivity index (χ2v) is 9.94. The number of hydrogen-bond acceptors (Lipinski definition) is 7. The number of non-ortho nitro benzene ring substituents is 1. The van der Waals surface area contributed by atoms with Crippen LogP contribution in [-0.2, 0) is 10.0 Å². The number of aromatic nitrogens is 1. The topological polar surface area (TPSA) is 127 Å². The summed E-state index contributed by atoms with van der Waals surface area (Å²) in [5, 5.41) is 11.7. The highest BCUT2D eigenvalue weighted by Crippen LogP contribution is 2.27. The van der Waals surface area contributed by atoms with Crippen LogP contribution in [0, 0.1) is 10.1 Å². The lowest BCUT2D eigenvalue weighted by atomic mass is 10.1. The van der Waals surface area contributed by atoms with Gasteiger partial charge in [-0.3, -0.25) is 14.9 Å². The lowest BCUT2D eigenvalue weighted by molar-refractivity contribution is -0.385. The van der Waals surface area contributed by atoms with Gasteiger partial charge in [0, 0.05) is 43.7 Å². The van der Waals surface area contributed by atoms with E-state index in [1.807, 2.05) is 24.3 Å². The van der Waals surface area contributed by atoms with E-state index in [1.54, 1.807) is 23.1 Å². The van der Waals surface area contributed by atoms with Gasteiger partial charge in [0.15, 0.2) is 5.76 Å². The van der Waals surface area contributed by atoms with Gasteiger partial charge in [-0.05, 0) is 30.3 Å². The minimum Gasteiger partial charge on any atom is -0.463 e. The third-order valence-electron chi connectivity index (χ3n) is 5.91. The second kappa shape index (κ2) is 8.93. The molecule has 35 heavy (non-hydrogen) atoms. The molecule has 2 aromatic carbocycles. The summed E-state index contributed by atoms with van der Waals surface area (Å²) in [6.07, 6.45) is 1.54. The van der Waals surface area contributed by atoms with E-state index in [2.05, 4.69) is 4.98 Å². The average Bonchev–Trinajstić information content (AvgIpc) is 3.43. The summed E-state index contributed by atoms with van der Waals surface area (Å²) in [6, 6.07) is 17.5. The molecular formula is C24H20N4O6S. The molecule has 0 spiro atoms. The van der Waals surface area contributed by atoms with Crippen LogP contribution < -0.4 is 0 Å². The highest BCUT2D eigenvalue weighted by molar-refractivity contribution is 7.89. The molecule has 0 radical (unpaired) electrons. The van der Waals surface area contributed by atoms with Crippen molar-refractivity contribution in [1.82, 2.24) is 14.2 Å². The number of fused-ring (bicyclic) bond motifs is 1. The summed E-state index contributed by atoms with van der Waals surface area (Å²) in [5.41, 5.74) is 1.34. The summed E-state index contributed by atoms with van der Waals surface area (Å²) in [5.74, 6) is 0.307. The normalized spacial score (nSPS) is 14.8. The van der Waals surface area contributed by atoms with Crippen molar-refractivity contribution < 1.29 is 22.6 Å². The summed E-state index contributed by atoms with van der Waals surface area (Å²) in [7, 11) is -3.93. The highest BCUT2D eigenvalue weighted by atomic mass is 32.2. The van der Waals surface area contributed by atoms with Crippen molar-refractivity contribution in [2.24, 2.45) is 0 Å². The number of amides is 1. The zero-order chi connectivity index (χ0) is 24.6. The Kier molecular flexibility index (Phi) is 5.79. The maximum Gasteiger partial charge on any atom is 0.270 e. The van der Waals surface area contributed by atoms with Crippen LogP contribution in [0.25, 0.3) is 22.4 Å². The molecule has 2 aromatic heterocycles. The predicted molar refractivity (Wildman–Crippen MR) is 127 cm³/mol. The van der Waals surface area contributed by atoms with Crippen molar-refractivity contribution >= 4 is 32.5 Å². The minimum absolute atomic E-state index is 0.0742. The lowest BCUT2D eigenvalue weighted by Crippen LogP contribution is -2.50. The maximum atomic E-state index is 13.5. The number of benzene rings is 2. The van der Waals surface area contributed by atoms with Crippen LogP contribution >= 0.6 is 0 Å². The van der Waals surface area contributed by atoms with Gasteiger partial charge < -0.3 is 9.32 Å². The van der Waals surface area contributed by atoms with Crippen molar-refractivity contribution in [3.05, 3.63) is 88.7 Å². The molecule has 1 aliphatic rings. The van der Waals surface area contributed by atoms with E-state index in [4.69, 9.17) is 4.42 Å². The first-order valence-corrected chi connectivity index (χ1v) is 12.3. The Balaban J connectivity index is 1.39. The number of pyridine rings is 1. The van der Waals surface area contributed by atoms with Crippen LogP contribution in [-0.4, -0.2) is 59.6 Å². The van der Waals surface area contributed by atoms with Crippen molar-refractivity contribution in [3.8, 4) is 11.5 Å². The number of hydrogen-bond donors (Lipinski definition) is 0. The zero-order valence-electron chi connectivity index (χ0n) is 18.4. The summed E-state index contributed by atoms with van der Waals surface area (Å²) < 4.78 is 32.8. The van der Waals surface area contributed by atoms with Crippen molar-refractivity contribution in [2.75, 3.05) is 26.2 Å². The van der Waals surface area contributed by atoms with Gasteiger partial charge in [0.05, 0.1) is 27.2 Å². The molecule has 0 saturated carbocycles. The van der Waals surface area contributed by atoms with E-state index >= 15 is 0 Å². The molecule has 0 aliphatic carbocycles. The molecule has 1 fully saturated rings. The maximum absolute atomic E-state index is 13.5. The van der Waals surface area contributed by atoms with Crippen LogP contribution in [0.15, 0.2) is 82.3 Å². The lowest BCUT2D eigenvalue weighted by Gasteiger charge is -2.34. The van der Waals surface area contributed by atoms with Gasteiger partial charge in [0.2, 0.25) is 10.0 Å². The molecule has 10 nitrogen and oxygen atoms in total. The number of sulfonamides is 1. The standard InChI is InChI=1S/C24H20N4O6S/c29-24(20-16-22(23-9-4-14-34-23)25-21-8-2-1-7-19(20)21)26-10-12-27(13-11-26)35(32,33)18-6-3-5-17(15-18)28(30)31/h1-9,14-16H,10-13H2. The van der Waals surface area contributed by atoms with Gasteiger partial charge in [0.25, 0.3) is 11.6 Å². The molecule has 4 aromatic rings. The van der Waals surface area contributed by atoms with Crippen molar-refractivity contribution in [3.63, 3.8) is 0 Å². The van der Waals surface area contributed by atoms with E-state index in [9.17, 15) is 23.3 Å². The van der Waals surface area contributed by atoms with Crippen LogP contribution in [0.3, 0.4) is 0 Å². The molecule has 1 aliphatic heterocycles. The van der Waals surface area contributed by atoms with Gasteiger partial charge in [0.1, 0.15) is 5.69 Å². The SMILES string of the molecule is O=C(c1cc(-c2ccco2)nc2ccccc12)N1CCN(S(=O)(=O)c2cccc([N+](=O)[O-])c2)CC1. The summed E-state index contributed by atoms with van der Waals surface area (Å²) >= 11 is 0. The molecule has 0 atom stereocenters. The summed E-state index contributed by atoms with van der Waals surface area (Å²) in [6.45, 7) is 0.509. The Labute approximate surface area is 200 Å². The number of nitro groups is 1. The molecule has 1 saturated heterocycles. The van der Waals surface area contributed by atoms with Gasteiger partial charge in [-0.25, -0.2) is 13.4 Å². The van der Waals surface area contributed by atoms with E-state index in [-0.39, 0.29) is 42.7 Å². The fourth-order valence-electron chi connectivity index (χ4n) is 4.11. The number of piperazine rings is 1. The second-order valence-electron chi connectivity index (χ2n) is 8.00. The quantitative estimate of drug-likeness (QED) is 0.308. The van der Waals surface area contributed by atoms with Gasteiger partial charge in [-0.1, -0.05) is 24.3 Å². The minimum atomic E-state index is -3.93. The number of nitro benzene ring substituents is 1. The van der Waals surface area contributed by atoms with Crippen LogP contribution in [0.5, 0.6) is 0 Å². The Hall–Kier alpha value is -4.09. The number of furan rings is 1. The fourth-order valence-corrected chi connectivity index (χ4v) is 5.57. The number of para-hydroxylation sites is 1. The van der Waals surface area contributed by atoms with Crippen LogP contribution in [0.2, 0.25) is 0 Å². The zero-order valence-corrected chi connectivity index (χ0v) is 19.2. The number of carbonyl (C=O) groups is 1. The number of rotatable bonds is 5. The Bertz CT molecular complexity index is 1530. The predicted octanol–water partition coefficient (Wildman–Crippen LogP) is 3.55. The molecule has 11 heteroatoms. The molecule has 3 heterocycles. The first-order valence-electron chi connectivity index (χ1n) is 10.8. The Morgan fingerprint density at radius 1 is 0.971 bits per heavy atom. The monoisotopic (exact) mass is 492 g/mol. The molecular weight excluding hydrogens is 472 g/mol. The van der Waals surface area contributed by atoms with E-state index in [0.29, 0.717) is 27.9 Å². The molecule has 0 N–H and O–H groups in total. The molecule has 0 bridgehead atoms. The molecule has 1 amide bonds. The van der Waals surface area contributed by atoms with Gasteiger partial charge in [-0.2, -0.15) is 4.31 Å². The fraction of sp³-hybridized carbons (Fsp3) is 0.167. The van der Waals surface area contributed by atoms with E-state index in [1.165, 1.54) is 28.8 Å². The Morgan fingerprint density at radius 2 is 1.74 bits per heavy atom. The number of nitrogens with zero attached hydrogens (tertiary/aromatic N) is 4. The third-order valence-corrected chi connectivity index (χ3v) is 7.81.